The van der Waals surface area contributed by atoms with Gasteiger partial charge >= 0.3 is 0 Å². The Labute approximate surface area is 119 Å². The Morgan fingerprint density at radius 1 is 1.35 bits per heavy atom. The van der Waals surface area contributed by atoms with Crippen LogP contribution >= 0.6 is 0 Å². The molecule has 0 saturated carbocycles. The summed E-state index contributed by atoms with van der Waals surface area (Å²) in [4.78, 5) is 11.3. The second kappa shape index (κ2) is 6.48. The molecule has 0 aliphatic heterocycles. The van der Waals surface area contributed by atoms with E-state index in [4.69, 9.17) is 4.74 Å². The highest BCUT2D eigenvalue weighted by Crippen LogP contribution is 2.27. The van der Waals surface area contributed by atoms with E-state index in [0.717, 1.165) is 18.3 Å². The van der Waals surface area contributed by atoms with Gasteiger partial charge in [-0.05, 0) is 18.9 Å². The van der Waals surface area contributed by atoms with Gasteiger partial charge in [-0.15, -0.1) is 0 Å². The molecular weight excluding hydrogens is 252 g/mol. The topological polar surface area (TPSA) is 44.1 Å². The van der Waals surface area contributed by atoms with Crippen molar-refractivity contribution in [3.05, 3.63) is 53.3 Å². The number of nitrogens with zero attached hydrogens (tertiary/aromatic N) is 2. The number of ether oxygens (including phenoxy) is 1. The quantitative estimate of drug-likeness (QED) is 0.757. The van der Waals surface area contributed by atoms with E-state index < -0.39 is 0 Å². The highest BCUT2D eigenvalue weighted by molar-refractivity contribution is 5.76. The van der Waals surface area contributed by atoms with Crippen LogP contribution in [-0.4, -0.2) is 23.2 Å². The molecule has 0 N–H and O–H groups in total. The Morgan fingerprint density at radius 3 is 2.60 bits per heavy atom. The Hall–Kier alpha value is -1.94. The predicted molar refractivity (Wildman–Crippen MR) is 77.9 cm³/mol. The minimum atomic E-state index is -0.318. The molecule has 0 amide bonds. The predicted octanol–water partition coefficient (Wildman–Crippen LogP) is 3.40. The molecule has 0 aliphatic rings. The Balaban J connectivity index is 2.44. The Kier molecular flexibility index (Phi) is 4.69. The minimum absolute atomic E-state index is 0.260. The molecule has 4 nitrogen and oxygen atoms in total. The van der Waals surface area contributed by atoms with Crippen LogP contribution in [0, 0.1) is 0 Å². The normalized spacial score (nSPS) is 13.9. The number of methoxy groups -OCH3 is 1. The fourth-order valence-corrected chi connectivity index (χ4v) is 2.16. The van der Waals surface area contributed by atoms with Crippen LogP contribution in [-0.2, 0) is 4.74 Å². The first-order valence-electron chi connectivity index (χ1n) is 6.83. The molecule has 0 bridgehead atoms. The van der Waals surface area contributed by atoms with Crippen molar-refractivity contribution in [2.24, 2.45) is 0 Å². The lowest BCUT2D eigenvalue weighted by Gasteiger charge is -2.14. The van der Waals surface area contributed by atoms with E-state index in [0.29, 0.717) is 11.3 Å². The highest BCUT2D eigenvalue weighted by Gasteiger charge is 2.21. The fraction of sp³-hybridized carbons (Fsp3) is 0.375. The highest BCUT2D eigenvalue weighted by atomic mass is 16.5. The van der Waals surface area contributed by atoms with Crippen LogP contribution in [0.15, 0.2) is 36.5 Å². The average molecular weight is 272 g/mol. The first-order valence-corrected chi connectivity index (χ1v) is 6.83. The summed E-state index contributed by atoms with van der Waals surface area (Å²) >= 11 is 0. The zero-order chi connectivity index (χ0) is 14.5. The van der Waals surface area contributed by atoms with Gasteiger partial charge in [0, 0.05) is 19.3 Å². The van der Waals surface area contributed by atoms with Crippen molar-refractivity contribution < 1.29 is 9.53 Å². The van der Waals surface area contributed by atoms with Crippen molar-refractivity contribution in [1.29, 1.82) is 0 Å². The zero-order valence-electron chi connectivity index (χ0n) is 12.1. The third-order valence-corrected chi connectivity index (χ3v) is 3.55. The van der Waals surface area contributed by atoms with Crippen molar-refractivity contribution in [2.75, 3.05) is 7.11 Å². The van der Waals surface area contributed by atoms with Gasteiger partial charge in [0.2, 0.25) is 0 Å². The van der Waals surface area contributed by atoms with Crippen molar-refractivity contribution in [2.45, 2.75) is 32.4 Å². The number of benzene rings is 1. The largest absolute Gasteiger partial charge is 0.370 e. The second-order valence-corrected chi connectivity index (χ2v) is 4.85. The summed E-state index contributed by atoms with van der Waals surface area (Å²) in [5.74, 6) is 0. The summed E-state index contributed by atoms with van der Waals surface area (Å²) in [5, 5.41) is 4.56. The van der Waals surface area contributed by atoms with Crippen molar-refractivity contribution in [1.82, 2.24) is 9.78 Å². The molecule has 2 aromatic rings. The molecule has 2 unspecified atom stereocenters. The SMILES string of the molecule is CCC(C)n1cc(C=O)c(C(OC)c2ccccc2)n1. The Bertz CT molecular complexity index is 563. The minimum Gasteiger partial charge on any atom is -0.370 e. The van der Waals surface area contributed by atoms with Crippen LogP contribution in [0.5, 0.6) is 0 Å². The summed E-state index contributed by atoms with van der Waals surface area (Å²) < 4.78 is 7.40. The molecule has 0 aliphatic carbocycles. The van der Waals surface area contributed by atoms with Gasteiger partial charge in [0.1, 0.15) is 11.8 Å². The molecule has 0 spiro atoms. The van der Waals surface area contributed by atoms with Gasteiger partial charge in [0.25, 0.3) is 0 Å². The molecular formula is C16H20N2O2. The van der Waals surface area contributed by atoms with Gasteiger partial charge in [-0.25, -0.2) is 0 Å². The standard InChI is InChI=1S/C16H20N2O2/c1-4-12(2)18-10-14(11-19)15(17-18)16(20-3)13-8-6-5-7-9-13/h5-12,16H,4H2,1-3H3. The zero-order valence-corrected chi connectivity index (χ0v) is 12.1. The van der Waals surface area contributed by atoms with Crippen LogP contribution in [0.4, 0.5) is 0 Å². The van der Waals surface area contributed by atoms with Gasteiger partial charge < -0.3 is 4.74 Å². The molecule has 0 fully saturated rings. The van der Waals surface area contributed by atoms with Crippen LogP contribution in [0.2, 0.25) is 0 Å². The number of hydrogen-bond donors (Lipinski definition) is 0. The molecule has 0 radical (unpaired) electrons. The van der Waals surface area contributed by atoms with Crippen LogP contribution in [0.25, 0.3) is 0 Å². The third-order valence-electron chi connectivity index (χ3n) is 3.55. The molecule has 1 aromatic heterocycles. The number of aromatic nitrogens is 2. The van der Waals surface area contributed by atoms with Gasteiger partial charge in [-0.2, -0.15) is 5.10 Å². The summed E-state index contributed by atoms with van der Waals surface area (Å²) in [6.45, 7) is 4.17. The third kappa shape index (κ3) is 2.80. The monoisotopic (exact) mass is 272 g/mol. The van der Waals surface area contributed by atoms with E-state index >= 15 is 0 Å². The molecule has 106 valence electrons. The molecule has 1 heterocycles. The van der Waals surface area contributed by atoms with Crippen molar-refractivity contribution >= 4 is 6.29 Å². The van der Waals surface area contributed by atoms with Gasteiger partial charge in [0.05, 0.1) is 5.56 Å². The summed E-state index contributed by atoms with van der Waals surface area (Å²) in [7, 11) is 1.63. The maximum absolute atomic E-state index is 11.3. The molecule has 0 saturated heterocycles. The van der Waals surface area contributed by atoms with Gasteiger partial charge in [0.15, 0.2) is 6.29 Å². The van der Waals surface area contributed by atoms with E-state index in [9.17, 15) is 4.79 Å². The smallest absolute Gasteiger partial charge is 0.153 e. The summed E-state index contributed by atoms with van der Waals surface area (Å²) in [5.41, 5.74) is 2.25. The first-order chi connectivity index (χ1) is 9.71. The fourth-order valence-electron chi connectivity index (χ4n) is 2.16. The number of carbonyl (C=O) groups excluding carboxylic acids is 1. The Morgan fingerprint density at radius 2 is 2.05 bits per heavy atom. The van der Waals surface area contributed by atoms with Gasteiger partial charge in [-0.1, -0.05) is 37.3 Å². The lowest BCUT2D eigenvalue weighted by molar-refractivity contribution is 0.110. The number of carbonyl (C=O) groups is 1. The van der Waals surface area contributed by atoms with E-state index in [1.807, 2.05) is 35.0 Å². The summed E-state index contributed by atoms with van der Waals surface area (Å²) in [6, 6.07) is 10.1. The van der Waals surface area contributed by atoms with E-state index in [1.165, 1.54) is 0 Å². The maximum Gasteiger partial charge on any atom is 0.153 e. The molecule has 20 heavy (non-hydrogen) atoms. The lowest BCUT2D eigenvalue weighted by atomic mass is 10.0. The first kappa shape index (κ1) is 14.5. The number of rotatable bonds is 6. The number of hydrogen-bond acceptors (Lipinski definition) is 3. The molecule has 1 aromatic carbocycles. The molecule has 4 heteroatoms. The van der Waals surface area contributed by atoms with Crippen LogP contribution < -0.4 is 0 Å². The van der Waals surface area contributed by atoms with E-state index in [-0.39, 0.29) is 12.1 Å². The lowest BCUT2D eigenvalue weighted by Crippen LogP contribution is -2.09. The second-order valence-electron chi connectivity index (χ2n) is 4.85. The van der Waals surface area contributed by atoms with Crippen molar-refractivity contribution in [3.63, 3.8) is 0 Å². The van der Waals surface area contributed by atoms with E-state index in [2.05, 4.69) is 18.9 Å². The van der Waals surface area contributed by atoms with Gasteiger partial charge in [-0.3, -0.25) is 9.48 Å². The molecule has 2 rings (SSSR count). The maximum atomic E-state index is 11.3. The molecule has 2 atom stereocenters. The summed E-state index contributed by atoms with van der Waals surface area (Å²) in [6.07, 6.45) is 3.28. The van der Waals surface area contributed by atoms with Crippen LogP contribution in [0.3, 0.4) is 0 Å². The van der Waals surface area contributed by atoms with Crippen LogP contribution in [0.1, 0.15) is 54.0 Å². The number of aldehydes is 1. The van der Waals surface area contributed by atoms with Crippen molar-refractivity contribution in [3.8, 4) is 0 Å². The average Bonchev–Trinajstić information content (AvgIpc) is 2.92. The van der Waals surface area contributed by atoms with E-state index in [1.54, 1.807) is 13.3 Å².